The highest BCUT2D eigenvalue weighted by molar-refractivity contribution is 5.94. The molecular weight excluding hydrogens is 262 g/mol. The maximum Gasteiger partial charge on any atom is 0.257 e. The molecule has 1 aliphatic rings. The highest BCUT2D eigenvalue weighted by Crippen LogP contribution is 2.30. The van der Waals surface area contributed by atoms with Gasteiger partial charge in [0, 0.05) is 12.6 Å². The average Bonchev–Trinajstić information content (AvgIpc) is 2.91. The first-order valence-electron chi connectivity index (χ1n) is 7.05. The van der Waals surface area contributed by atoms with Crippen LogP contribution in [0.5, 0.6) is 0 Å². The van der Waals surface area contributed by atoms with Crippen molar-refractivity contribution in [3.05, 3.63) is 35.4 Å². The Balaban J connectivity index is 2.27. The van der Waals surface area contributed by atoms with E-state index in [-0.39, 0.29) is 17.5 Å². The van der Waals surface area contributed by atoms with Gasteiger partial charge in [-0.25, -0.2) is 8.78 Å². The number of carbonyl (C=O) groups is 1. The van der Waals surface area contributed by atoms with E-state index in [1.54, 1.807) is 4.90 Å². The number of nitrogens with zero attached hydrogens (tertiary/aromatic N) is 1. The van der Waals surface area contributed by atoms with Crippen LogP contribution in [0.1, 0.15) is 36.5 Å². The molecule has 1 aromatic rings. The standard InChI is InChI=1S/C15H20F2N2O/c1-2-19(13-8-3-5-10(13)9-18)15(20)11-6-4-7-12(16)14(11)17/h4,6-7,10,13H,2-3,5,8-9,18H2,1H3. The third kappa shape index (κ3) is 2.68. The minimum absolute atomic E-state index is 0.0279. The number of amides is 1. The second-order valence-electron chi connectivity index (χ2n) is 5.19. The van der Waals surface area contributed by atoms with Gasteiger partial charge in [0.05, 0.1) is 5.56 Å². The topological polar surface area (TPSA) is 46.3 Å². The molecule has 2 atom stereocenters. The lowest BCUT2D eigenvalue weighted by molar-refractivity contribution is 0.0646. The summed E-state index contributed by atoms with van der Waals surface area (Å²) in [6.45, 7) is 2.83. The summed E-state index contributed by atoms with van der Waals surface area (Å²) in [5.41, 5.74) is 5.54. The summed E-state index contributed by atoms with van der Waals surface area (Å²) in [6, 6.07) is 3.73. The second-order valence-corrected chi connectivity index (χ2v) is 5.19. The van der Waals surface area contributed by atoms with Crippen molar-refractivity contribution >= 4 is 5.91 Å². The molecule has 3 nitrogen and oxygen atoms in total. The molecule has 5 heteroatoms. The lowest BCUT2D eigenvalue weighted by atomic mass is 10.0. The smallest absolute Gasteiger partial charge is 0.257 e. The van der Waals surface area contributed by atoms with Gasteiger partial charge in [-0.15, -0.1) is 0 Å². The molecule has 2 rings (SSSR count). The number of nitrogens with two attached hydrogens (primary N) is 1. The van der Waals surface area contributed by atoms with E-state index in [0.29, 0.717) is 13.1 Å². The Morgan fingerprint density at radius 2 is 2.15 bits per heavy atom. The van der Waals surface area contributed by atoms with E-state index in [4.69, 9.17) is 5.73 Å². The van der Waals surface area contributed by atoms with Crippen molar-refractivity contribution < 1.29 is 13.6 Å². The third-order valence-electron chi connectivity index (χ3n) is 4.11. The van der Waals surface area contributed by atoms with Crippen molar-refractivity contribution in [2.75, 3.05) is 13.1 Å². The van der Waals surface area contributed by atoms with Gasteiger partial charge in [-0.3, -0.25) is 4.79 Å². The largest absolute Gasteiger partial charge is 0.336 e. The molecular formula is C15H20F2N2O. The first kappa shape index (κ1) is 14.9. The SMILES string of the molecule is CCN(C(=O)c1cccc(F)c1F)C1CCCC1CN. The first-order valence-corrected chi connectivity index (χ1v) is 7.05. The summed E-state index contributed by atoms with van der Waals surface area (Å²) in [4.78, 5) is 14.1. The number of halogens is 2. The van der Waals surface area contributed by atoms with E-state index in [9.17, 15) is 13.6 Å². The van der Waals surface area contributed by atoms with E-state index < -0.39 is 17.5 Å². The summed E-state index contributed by atoms with van der Waals surface area (Å²) in [7, 11) is 0. The van der Waals surface area contributed by atoms with Crippen LogP contribution in [0.2, 0.25) is 0 Å². The minimum Gasteiger partial charge on any atom is -0.336 e. The molecule has 0 aromatic heterocycles. The van der Waals surface area contributed by atoms with E-state index in [2.05, 4.69) is 0 Å². The van der Waals surface area contributed by atoms with Crippen molar-refractivity contribution in [1.82, 2.24) is 4.90 Å². The van der Waals surface area contributed by atoms with Crippen molar-refractivity contribution in [3.63, 3.8) is 0 Å². The third-order valence-corrected chi connectivity index (χ3v) is 4.11. The van der Waals surface area contributed by atoms with E-state index in [1.807, 2.05) is 6.92 Å². The van der Waals surface area contributed by atoms with Gasteiger partial charge in [0.2, 0.25) is 0 Å². The molecule has 1 aliphatic carbocycles. The number of hydrogen-bond acceptors (Lipinski definition) is 2. The molecule has 0 radical (unpaired) electrons. The molecule has 110 valence electrons. The van der Waals surface area contributed by atoms with Crippen LogP contribution in [-0.4, -0.2) is 29.9 Å². The lowest BCUT2D eigenvalue weighted by Gasteiger charge is -2.32. The van der Waals surface area contributed by atoms with Gasteiger partial charge in [0.15, 0.2) is 11.6 Å². The summed E-state index contributed by atoms with van der Waals surface area (Å²) in [5, 5.41) is 0. The monoisotopic (exact) mass is 282 g/mol. The van der Waals surface area contributed by atoms with Crippen molar-refractivity contribution in [2.45, 2.75) is 32.2 Å². The van der Waals surface area contributed by atoms with E-state index >= 15 is 0 Å². The van der Waals surface area contributed by atoms with E-state index in [0.717, 1.165) is 25.3 Å². The quantitative estimate of drug-likeness (QED) is 0.922. The molecule has 0 bridgehead atoms. The molecule has 0 saturated heterocycles. The maximum absolute atomic E-state index is 13.8. The van der Waals surface area contributed by atoms with Gasteiger partial charge in [0.1, 0.15) is 0 Å². The Kier molecular flexibility index (Phi) is 4.70. The Morgan fingerprint density at radius 3 is 2.80 bits per heavy atom. The fourth-order valence-corrected chi connectivity index (χ4v) is 3.05. The molecule has 1 aromatic carbocycles. The average molecular weight is 282 g/mol. The highest BCUT2D eigenvalue weighted by Gasteiger charge is 2.34. The minimum atomic E-state index is -1.07. The Bertz CT molecular complexity index is 493. The molecule has 0 heterocycles. The van der Waals surface area contributed by atoms with Crippen molar-refractivity contribution in [1.29, 1.82) is 0 Å². The zero-order chi connectivity index (χ0) is 14.7. The zero-order valence-electron chi connectivity index (χ0n) is 11.6. The number of carbonyl (C=O) groups excluding carboxylic acids is 1. The van der Waals surface area contributed by atoms with Gasteiger partial charge in [0.25, 0.3) is 5.91 Å². The second kappa shape index (κ2) is 6.31. The lowest BCUT2D eigenvalue weighted by Crippen LogP contribution is -2.44. The molecule has 0 aliphatic heterocycles. The molecule has 1 amide bonds. The van der Waals surface area contributed by atoms with Crippen molar-refractivity contribution in [3.8, 4) is 0 Å². The van der Waals surface area contributed by atoms with Crippen LogP contribution in [0.4, 0.5) is 8.78 Å². The van der Waals surface area contributed by atoms with Gasteiger partial charge in [-0.1, -0.05) is 12.5 Å². The van der Waals surface area contributed by atoms with Crippen molar-refractivity contribution in [2.24, 2.45) is 11.7 Å². The molecule has 1 saturated carbocycles. The summed E-state index contributed by atoms with van der Waals surface area (Å²) < 4.78 is 27.0. The van der Waals surface area contributed by atoms with Gasteiger partial charge >= 0.3 is 0 Å². The van der Waals surface area contributed by atoms with Gasteiger partial charge in [-0.05, 0) is 44.4 Å². The zero-order valence-corrected chi connectivity index (χ0v) is 11.6. The molecule has 2 N–H and O–H groups in total. The first-order chi connectivity index (χ1) is 9.60. The van der Waals surface area contributed by atoms with Crippen LogP contribution in [0.3, 0.4) is 0 Å². The predicted molar refractivity (Wildman–Crippen MR) is 73.3 cm³/mol. The maximum atomic E-state index is 13.8. The molecule has 1 fully saturated rings. The Morgan fingerprint density at radius 1 is 1.40 bits per heavy atom. The van der Waals surface area contributed by atoms with Crippen LogP contribution in [0.15, 0.2) is 18.2 Å². The fourth-order valence-electron chi connectivity index (χ4n) is 3.05. The van der Waals surface area contributed by atoms with Crippen LogP contribution in [0.25, 0.3) is 0 Å². The molecule has 20 heavy (non-hydrogen) atoms. The highest BCUT2D eigenvalue weighted by atomic mass is 19.2. The van der Waals surface area contributed by atoms with Crippen LogP contribution >= 0.6 is 0 Å². The van der Waals surface area contributed by atoms with Crippen LogP contribution in [-0.2, 0) is 0 Å². The van der Waals surface area contributed by atoms with Crippen LogP contribution < -0.4 is 5.73 Å². The molecule has 2 unspecified atom stereocenters. The summed E-state index contributed by atoms with van der Waals surface area (Å²) in [5.74, 6) is -2.27. The number of rotatable bonds is 4. The number of hydrogen-bond donors (Lipinski definition) is 1. The van der Waals surface area contributed by atoms with Crippen LogP contribution in [0, 0.1) is 17.6 Å². The fraction of sp³-hybridized carbons (Fsp3) is 0.533. The normalized spacial score (nSPS) is 22.0. The van der Waals surface area contributed by atoms with Gasteiger partial charge < -0.3 is 10.6 Å². The van der Waals surface area contributed by atoms with Gasteiger partial charge in [-0.2, -0.15) is 0 Å². The Hall–Kier alpha value is -1.49. The Labute approximate surface area is 117 Å². The molecule has 0 spiro atoms. The predicted octanol–water partition coefficient (Wildman–Crippen LogP) is 2.55. The summed E-state index contributed by atoms with van der Waals surface area (Å²) in [6.07, 6.45) is 2.87. The number of benzene rings is 1. The van der Waals surface area contributed by atoms with E-state index in [1.165, 1.54) is 12.1 Å². The summed E-state index contributed by atoms with van der Waals surface area (Å²) >= 11 is 0.